The highest BCUT2D eigenvalue weighted by Crippen LogP contribution is 2.61. The van der Waals surface area contributed by atoms with Gasteiger partial charge in [-0.15, -0.1) is 13.2 Å². The molecule has 3 heterocycles. The number of carbonyl (C=O) groups is 4. The fraction of sp³-hybridized carbons (Fsp3) is 0.632. The van der Waals surface area contributed by atoms with Gasteiger partial charge in [-0.3, -0.25) is 19.2 Å². The van der Waals surface area contributed by atoms with Gasteiger partial charge in [0, 0.05) is 23.3 Å². The van der Waals surface area contributed by atoms with Gasteiger partial charge in [-0.05, 0) is 57.4 Å². The highest BCUT2D eigenvalue weighted by atomic mass is 79.9. The molecule has 4 rings (SSSR count). The van der Waals surface area contributed by atoms with Crippen molar-refractivity contribution >= 4 is 39.6 Å². The minimum atomic E-state index is -1.33. The van der Waals surface area contributed by atoms with E-state index in [1.165, 1.54) is 4.90 Å². The Bertz CT molecular complexity index is 1400. The van der Waals surface area contributed by atoms with Crippen LogP contribution in [0.2, 0.25) is 0 Å². The van der Waals surface area contributed by atoms with Crippen molar-refractivity contribution in [1.29, 1.82) is 0 Å². The number of allylic oxidation sites excluding steroid dienone is 1. The summed E-state index contributed by atoms with van der Waals surface area (Å²) in [6.45, 7) is 19.6. The molecule has 3 saturated heterocycles. The molecule has 3 aliphatic rings. The van der Waals surface area contributed by atoms with Crippen molar-refractivity contribution in [3.63, 3.8) is 0 Å². The molecule has 49 heavy (non-hydrogen) atoms. The molecule has 0 aliphatic carbocycles. The number of alkyl halides is 1. The average Bonchev–Trinajstić information content (AvgIpc) is 3.62. The molecular formula is C38H54BrN3O7. The number of hydrogen-bond acceptors (Lipinski definition) is 7. The molecule has 1 aromatic carbocycles. The molecule has 10 nitrogen and oxygen atoms in total. The summed E-state index contributed by atoms with van der Waals surface area (Å²) in [6.07, 6.45) is 4.09. The first-order valence-corrected chi connectivity index (χ1v) is 18.2. The van der Waals surface area contributed by atoms with Crippen LogP contribution >= 0.6 is 15.9 Å². The number of aliphatic hydroxyl groups excluding tert-OH is 1. The molecule has 0 radical (unpaired) electrons. The predicted molar refractivity (Wildman–Crippen MR) is 192 cm³/mol. The second kappa shape index (κ2) is 15.5. The van der Waals surface area contributed by atoms with Crippen LogP contribution in [0.3, 0.4) is 0 Å². The quantitative estimate of drug-likeness (QED) is 0.144. The van der Waals surface area contributed by atoms with Crippen LogP contribution in [0.4, 0.5) is 0 Å². The van der Waals surface area contributed by atoms with Crippen LogP contribution in [-0.4, -0.2) is 98.6 Å². The maximum absolute atomic E-state index is 15.2. The lowest BCUT2D eigenvalue weighted by molar-refractivity contribution is -0.160. The van der Waals surface area contributed by atoms with Crippen LogP contribution < -0.4 is 5.32 Å². The molecule has 1 spiro atoms. The van der Waals surface area contributed by atoms with E-state index < -0.39 is 59.1 Å². The minimum Gasteiger partial charge on any atom is -0.460 e. The molecule has 2 bridgehead atoms. The van der Waals surface area contributed by atoms with Crippen LogP contribution in [0.5, 0.6) is 0 Å². The third-order valence-corrected chi connectivity index (χ3v) is 10.7. The zero-order chi connectivity index (χ0) is 36.3. The Morgan fingerprint density at radius 2 is 1.86 bits per heavy atom. The number of carbonyl (C=O) groups excluding carboxylic acids is 4. The lowest BCUT2D eigenvalue weighted by atomic mass is 9.70. The van der Waals surface area contributed by atoms with Gasteiger partial charge in [0.25, 0.3) is 0 Å². The first-order chi connectivity index (χ1) is 23.0. The molecule has 270 valence electrons. The number of aliphatic hydroxyl groups is 1. The molecule has 0 saturated carbocycles. The lowest BCUT2D eigenvalue weighted by Crippen LogP contribution is -2.63. The zero-order valence-corrected chi connectivity index (χ0v) is 31.4. The monoisotopic (exact) mass is 743 g/mol. The summed E-state index contributed by atoms with van der Waals surface area (Å²) in [7, 11) is 0. The molecular weight excluding hydrogens is 690 g/mol. The van der Waals surface area contributed by atoms with Crippen molar-refractivity contribution in [3.05, 3.63) is 61.2 Å². The van der Waals surface area contributed by atoms with Crippen LogP contribution in [0, 0.1) is 17.3 Å². The Morgan fingerprint density at radius 3 is 2.45 bits per heavy atom. The number of benzene rings is 1. The molecule has 8 atom stereocenters. The highest BCUT2D eigenvalue weighted by Gasteiger charge is 2.77. The standard InChI is InChI=1S/C38H54BrN3O7/c1-9-11-17-28(44)40-21-24(3)48-35(47)29-30-33(45)42(26(22-43)19-25-15-13-12-14-16-25)32(38(30)20-27(39)31(29)49-38)34(46)41(18-10-2)37(7,8)23-36(4,5)6/h9-10,12-16,24,26-27,29-32,43H,1-2,11,17-23H2,3-8H3,(H,40,44)/t24-,26+,27?,29+,30-,31+,32+,38-/m0/s1. The third-order valence-electron chi connectivity index (χ3n) is 9.90. The fourth-order valence-electron chi connectivity index (χ4n) is 8.35. The maximum atomic E-state index is 15.2. The van der Waals surface area contributed by atoms with Gasteiger partial charge in [0.05, 0.1) is 37.1 Å². The number of nitrogens with zero attached hydrogens (tertiary/aromatic N) is 2. The number of halogens is 1. The van der Waals surface area contributed by atoms with E-state index >= 15 is 4.79 Å². The smallest absolute Gasteiger partial charge is 0.312 e. The van der Waals surface area contributed by atoms with Gasteiger partial charge in [-0.25, -0.2) is 0 Å². The first-order valence-electron chi connectivity index (χ1n) is 17.3. The number of likely N-dealkylation sites (tertiary alicyclic amines) is 1. The number of fused-ring (bicyclic) bond motifs is 1. The van der Waals surface area contributed by atoms with Crippen molar-refractivity contribution in [2.75, 3.05) is 19.7 Å². The van der Waals surface area contributed by atoms with Crippen LogP contribution in [0.1, 0.15) is 72.8 Å². The fourth-order valence-corrected chi connectivity index (χ4v) is 9.29. The molecule has 2 N–H and O–H groups in total. The van der Waals surface area contributed by atoms with Crippen LogP contribution in [0.25, 0.3) is 0 Å². The molecule has 0 aromatic heterocycles. The summed E-state index contributed by atoms with van der Waals surface area (Å²) in [5.41, 5.74) is -1.18. The summed E-state index contributed by atoms with van der Waals surface area (Å²) < 4.78 is 12.6. The van der Waals surface area contributed by atoms with Crippen molar-refractivity contribution < 1.29 is 33.8 Å². The summed E-state index contributed by atoms with van der Waals surface area (Å²) in [6, 6.07) is 7.66. The first kappa shape index (κ1) is 38.8. The molecule has 3 aliphatic heterocycles. The normalized spacial score (nSPS) is 27.3. The van der Waals surface area contributed by atoms with E-state index in [-0.39, 0.29) is 48.2 Å². The molecule has 1 unspecified atom stereocenters. The Morgan fingerprint density at radius 1 is 1.18 bits per heavy atom. The van der Waals surface area contributed by atoms with Gasteiger partial charge in [0.1, 0.15) is 17.7 Å². The minimum absolute atomic E-state index is 0.109. The van der Waals surface area contributed by atoms with E-state index in [9.17, 15) is 19.5 Å². The highest BCUT2D eigenvalue weighted by molar-refractivity contribution is 9.09. The summed E-state index contributed by atoms with van der Waals surface area (Å²) in [5.74, 6) is -3.49. The molecule has 1 aromatic rings. The van der Waals surface area contributed by atoms with Crippen LogP contribution in [0.15, 0.2) is 55.6 Å². The Hall–Kier alpha value is -3.02. The summed E-state index contributed by atoms with van der Waals surface area (Å²) >= 11 is 3.73. The maximum Gasteiger partial charge on any atom is 0.312 e. The number of rotatable bonds is 16. The second-order valence-corrected chi connectivity index (χ2v) is 16.8. The van der Waals surface area contributed by atoms with E-state index in [1.807, 2.05) is 44.2 Å². The van der Waals surface area contributed by atoms with Gasteiger partial charge < -0.3 is 29.7 Å². The van der Waals surface area contributed by atoms with Crippen LogP contribution in [-0.2, 0) is 35.1 Å². The summed E-state index contributed by atoms with van der Waals surface area (Å²) in [5, 5.41) is 13.6. The lowest BCUT2D eigenvalue weighted by Gasteiger charge is -2.46. The van der Waals surface area contributed by atoms with E-state index in [1.54, 1.807) is 24.0 Å². The second-order valence-electron chi connectivity index (χ2n) is 15.6. The Balaban J connectivity index is 1.74. The van der Waals surface area contributed by atoms with Gasteiger partial charge >= 0.3 is 5.97 Å². The predicted octanol–water partition coefficient (Wildman–Crippen LogP) is 4.58. The SMILES string of the molecule is C=CCCC(=O)NC[C@H](C)OC(=O)[C@H]1[C@@H]2O[C@@]3(CC2Br)[C@@H]1C(=O)N([C@@H](CO)Cc1ccccc1)[C@@H]3C(=O)N(CC=C)C(C)(C)CC(C)(C)C. The summed E-state index contributed by atoms with van der Waals surface area (Å²) in [4.78, 5) is 59.1. The van der Waals surface area contributed by atoms with Crippen molar-refractivity contribution in [2.45, 2.75) is 114 Å². The average molecular weight is 745 g/mol. The van der Waals surface area contributed by atoms with Crippen molar-refractivity contribution in [3.8, 4) is 0 Å². The van der Waals surface area contributed by atoms with E-state index in [0.717, 1.165) is 5.56 Å². The van der Waals surface area contributed by atoms with E-state index in [4.69, 9.17) is 9.47 Å². The van der Waals surface area contributed by atoms with E-state index in [0.29, 0.717) is 25.7 Å². The number of amides is 3. The third kappa shape index (κ3) is 8.15. The zero-order valence-electron chi connectivity index (χ0n) is 29.8. The Labute approximate surface area is 299 Å². The van der Waals surface area contributed by atoms with Gasteiger partial charge in [-0.2, -0.15) is 0 Å². The van der Waals surface area contributed by atoms with E-state index in [2.05, 4.69) is 55.2 Å². The molecule has 3 amide bonds. The molecule has 11 heteroatoms. The topological polar surface area (TPSA) is 125 Å². The Kier molecular flexibility index (Phi) is 12.2. The van der Waals surface area contributed by atoms with Crippen molar-refractivity contribution in [1.82, 2.24) is 15.1 Å². The van der Waals surface area contributed by atoms with Gasteiger partial charge in [0.2, 0.25) is 17.7 Å². The van der Waals surface area contributed by atoms with Crippen molar-refractivity contribution in [2.24, 2.45) is 17.3 Å². The number of ether oxygens (including phenoxy) is 2. The number of nitrogens with one attached hydrogen (secondary N) is 1. The van der Waals surface area contributed by atoms with Gasteiger partial charge in [-0.1, -0.05) is 79.2 Å². The number of hydrogen-bond donors (Lipinski definition) is 2. The molecule has 3 fully saturated rings. The van der Waals surface area contributed by atoms with Gasteiger partial charge in [0.15, 0.2) is 0 Å². The number of esters is 1. The largest absolute Gasteiger partial charge is 0.460 e.